The molecule has 0 saturated carbocycles. The van der Waals surface area contributed by atoms with Crippen LogP contribution in [-0.2, 0) is 29.1 Å². The molecule has 1 aliphatic rings. The molecular formula is C19H21ClN4O3. The number of nitrogens with one attached hydrogen (secondary N) is 1. The standard InChI is InChI=1S/C19H21ClN4O3/c1-12(14-3-5-15(20)6-4-14)22-18(26)10-24-11-21-17-9-23(13(2)25)8-7-16(17)19(24)27/h3-6,11-12H,7-10H2,1-2H3,(H,22,26)/t12-/m1/s1. The summed E-state index contributed by atoms with van der Waals surface area (Å²) in [6, 6.07) is 7.02. The minimum atomic E-state index is -0.275. The van der Waals surface area contributed by atoms with Gasteiger partial charge < -0.3 is 10.2 Å². The van der Waals surface area contributed by atoms with Gasteiger partial charge in [-0.3, -0.25) is 19.0 Å². The van der Waals surface area contributed by atoms with Crippen molar-refractivity contribution in [1.29, 1.82) is 0 Å². The molecule has 3 rings (SSSR count). The summed E-state index contributed by atoms with van der Waals surface area (Å²) in [4.78, 5) is 42.4. The summed E-state index contributed by atoms with van der Waals surface area (Å²) in [5.41, 5.74) is 1.88. The molecule has 0 radical (unpaired) electrons. The molecule has 142 valence electrons. The van der Waals surface area contributed by atoms with Crippen LogP contribution in [0.3, 0.4) is 0 Å². The molecule has 0 saturated heterocycles. The first-order chi connectivity index (χ1) is 12.8. The van der Waals surface area contributed by atoms with Gasteiger partial charge in [-0.1, -0.05) is 23.7 Å². The SMILES string of the molecule is CC(=O)N1CCc2c(ncn(CC(=O)N[C@H](C)c3ccc(Cl)cc3)c2=O)C1. The zero-order chi connectivity index (χ0) is 19.6. The van der Waals surface area contributed by atoms with E-state index in [0.717, 1.165) is 5.56 Å². The smallest absolute Gasteiger partial charge is 0.257 e. The van der Waals surface area contributed by atoms with E-state index in [1.165, 1.54) is 17.8 Å². The number of carbonyl (C=O) groups excluding carboxylic acids is 2. The van der Waals surface area contributed by atoms with Crippen LogP contribution in [0.2, 0.25) is 5.02 Å². The molecule has 1 atom stereocenters. The normalized spacial score (nSPS) is 14.4. The number of hydrogen-bond acceptors (Lipinski definition) is 4. The Balaban J connectivity index is 1.69. The maximum atomic E-state index is 12.6. The van der Waals surface area contributed by atoms with Gasteiger partial charge in [-0.15, -0.1) is 0 Å². The van der Waals surface area contributed by atoms with Gasteiger partial charge in [0.1, 0.15) is 6.54 Å². The summed E-state index contributed by atoms with van der Waals surface area (Å²) in [7, 11) is 0. The number of nitrogens with zero attached hydrogens (tertiary/aromatic N) is 3. The highest BCUT2D eigenvalue weighted by Gasteiger charge is 2.23. The molecule has 1 N–H and O–H groups in total. The summed E-state index contributed by atoms with van der Waals surface area (Å²) in [6.07, 6.45) is 1.82. The Bertz CT molecular complexity index is 924. The second-order valence-corrected chi connectivity index (χ2v) is 7.07. The van der Waals surface area contributed by atoms with Crippen LogP contribution in [0.25, 0.3) is 0 Å². The molecular weight excluding hydrogens is 368 g/mol. The average molecular weight is 389 g/mol. The van der Waals surface area contributed by atoms with Gasteiger partial charge in [-0.25, -0.2) is 4.98 Å². The van der Waals surface area contributed by atoms with E-state index >= 15 is 0 Å². The summed E-state index contributed by atoms with van der Waals surface area (Å²) in [5, 5.41) is 3.50. The van der Waals surface area contributed by atoms with Crippen LogP contribution in [0.1, 0.15) is 36.7 Å². The number of hydrogen-bond donors (Lipinski definition) is 1. The fourth-order valence-electron chi connectivity index (χ4n) is 3.12. The van der Waals surface area contributed by atoms with Crippen molar-refractivity contribution in [3.63, 3.8) is 0 Å². The Morgan fingerprint density at radius 3 is 2.67 bits per heavy atom. The van der Waals surface area contributed by atoms with Crippen molar-refractivity contribution in [2.45, 2.75) is 39.4 Å². The van der Waals surface area contributed by atoms with E-state index in [0.29, 0.717) is 35.8 Å². The van der Waals surface area contributed by atoms with Gasteiger partial charge in [0.15, 0.2) is 0 Å². The number of rotatable bonds is 4. The molecule has 1 aliphatic heterocycles. The van der Waals surface area contributed by atoms with Crippen LogP contribution in [-0.4, -0.2) is 32.8 Å². The van der Waals surface area contributed by atoms with Crippen LogP contribution >= 0.6 is 11.6 Å². The Morgan fingerprint density at radius 2 is 2.00 bits per heavy atom. The molecule has 7 nitrogen and oxygen atoms in total. The molecule has 0 bridgehead atoms. The lowest BCUT2D eigenvalue weighted by atomic mass is 10.1. The predicted octanol–water partition coefficient (Wildman–Crippen LogP) is 1.68. The zero-order valence-electron chi connectivity index (χ0n) is 15.2. The first-order valence-corrected chi connectivity index (χ1v) is 9.10. The Morgan fingerprint density at radius 1 is 1.30 bits per heavy atom. The van der Waals surface area contributed by atoms with Crippen LogP contribution in [0.4, 0.5) is 0 Å². The van der Waals surface area contributed by atoms with Gasteiger partial charge in [0.2, 0.25) is 11.8 Å². The van der Waals surface area contributed by atoms with Gasteiger partial charge in [-0.2, -0.15) is 0 Å². The number of aromatic nitrogens is 2. The molecule has 2 aromatic rings. The highest BCUT2D eigenvalue weighted by Crippen LogP contribution is 2.16. The lowest BCUT2D eigenvalue weighted by Gasteiger charge is -2.26. The summed E-state index contributed by atoms with van der Waals surface area (Å²) >= 11 is 5.88. The molecule has 0 fully saturated rings. The number of benzene rings is 1. The monoisotopic (exact) mass is 388 g/mol. The third kappa shape index (κ3) is 4.36. The number of carbonyl (C=O) groups is 2. The molecule has 2 heterocycles. The zero-order valence-corrected chi connectivity index (χ0v) is 16.0. The highest BCUT2D eigenvalue weighted by atomic mass is 35.5. The largest absolute Gasteiger partial charge is 0.348 e. The first-order valence-electron chi connectivity index (χ1n) is 8.72. The Kier molecular flexibility index (Phi) is 5.60. The van der Waals surface area contributed by atoms with Crippen molar-refractivity contribution in [1.82, 2.24) is 19.8 Å². The van der Waals surface area contributed by atoms with E-state index in [-0.39, 0.29) is 30.0 Å². The predicted molar refractivity (Wildman–Crippen MR) is 101 cm³/mol. The minimum absolute atomic E-state index is 0.0396. The van der Waals surface area contributed by atoms with Crippen molar-refractivity contribution in [3.05, 3.63) is 62.8 Å². The summed E-state index contributed by atoms with van der Waals surface area (Å²) in [6.45, 7) is 4.08. The summed E-state index contributed by atoms with van der Waals surface area (Å²) < 4.78 is 1.31. The molecule has 0 unspecified atom stereocenters. The van der Waals surface area contributed by atoms with Crippen molar-refractivity contribution in [3.8, 4) is 0 Å². The quantitative estimate of drug-likeness (QED) is 0.863. The Labute approximate surface area is 162 Å². The van der Waals surface area contributed by atoms with E-state index in [1.54, 1.807) is 17.0 Å². The third-order valence-electron chi connectivity index (χ3n) is 4.70. The van der Waals surface area contributed by atoms with E-state index in [1.807, 2.05) is 19.1 Å². The topological polar surface area (TPSA) is 84.3 Å². The van der Waals surface area contributed by atoms with Crippen molar-refractivity contribution < 1.29 is 9.59 Å². The fourth-order valence-corrected chi connectivity index (χ4v) is 3.24. The fraction of sp³-hybridized carbons (Fsp3) is 0.368. The first kappa shape index (κ1) is 19.1. The minimum Gasteiger partial charge on any atom is -0.348 e. The van der Waals surface area contributed by atoms with E-state index in [4.69, 9.17) is 11.6 Å². The summed E-state index contributed by atoms with van der Waals surface area (Å²) in [5.74, 6) is -0.315. The van der Waals surface area contributed by atoms with Crippen LogP contribution in [0.15, 0.2) is 35.4 Å². The van der Waals surface area contributed by atoms with Gasteiger partial charge in [0.25, 0.3) is 5.56 Å². The average Bonchev–Trinajstić information content (AvgIpc) is 2.64. The molecule has 1 aromatic carbocycles. The second-order valence-electron chi connectivity index (χ2n) is 6.63. The molecule has 2 amide bonds. The number of amides is 2. The number of halogens is 1. The molecule has 0 spiro atoms. The Hall–Kier alpha value is -2.67. The van der Waals surface area contributed by atoms with E-state index in [2.05, 4.69) is 10.3 Å². The van der Waals surface area contributed by atoms with Crippen LogP contribution in [0, 0.1) is 0 Å². The van der Waals surface area contributed by atoms with Crippen molar-refractivity contribution in [2.75, 3.05) is 6.54 Å². The third-order valence-corrected chi connectivity index (χ3v) is 4.95. The maximum Gasteiger partial charge on any atom is 0.257 e. The lowest BCUT2D eigenvalue weighted by molar-refractivity contribution is -0.129. The van der Waals surface area contributed by atoms with Gasteiger partial charge in [0, 0.05) is 24.1 Å². The van der Waals surface area contributed by atoms with Crippen molar-refractivity contribution >= 4 is 23.4 Å². The maximum absolute atomic E-state index is 12.6. The molecule has 1 aromatic heterocycles. The van der Waals surface area contributed by atoms with Gasteiger partial charge >= 0.3 is 0 Å². The molecule has 0 aliphatic carbocycles. The molecule has 8 heteroatoms. The second kappa shape index (κ2) is 7.92. The van der Waals surface area contributed by atoms with Gasteiger partial charge in [0.05, 0.1) is 24.6 Å². The highest BCUT2D eigenvalue weighted by molar-refractivity contribution is 6.30. The van der Waals surface area contributed by atoms with Gasteiger partial charge in [-0.05, 0) is 31.0 Å². The van der Waals surface area contributed by atoms with Crippen molar-refractivity contribution in [2.24, 2.45) is 0 Å². The number of fused-ring (bicyclic) bond motifs is 1. The van der Waals surface area contributed by atoms with Crippen LogP contribution < -0.4 is 10.9 Å². The van der Waals surface area contributed by atoms with E-state index < -0.39 is 0 Å². The molecule has 27 heavy (non-hydrogen) atoms. The lowest BCUT2D eigenvalue weighted by Crippen LogP contribution is -2.40. The van der Waals surface area contributed by atoms with E-state index in [9.17, 15) is 14.4 Å². The van der Waals surface area contributed by atoms with Crippen LogP contribution in [0.5, 0.6) is 0 Å².